The molecule has 0 heterocycles. The Labute approximate surface area is 161 Å². The van der Waals surface area contributed by atoms with Gasteiger partial charge in [0.1, 0.15) is 5.84 Å². The van der Waals surface area contributed by atoms with Crippen LogP contribution >= 0.6 is 11.6 Å². The van der Waals surface area contributed by atoms with Gasteiger partial charge in [-0.25, -0.2) is 8.42 Å². The number of rotatable bonds is 8. The molecule has 0 aliphatic heterocycles. The van der Waals surface area contributed by atoms with Crippen molar-refractivity contribution in [1.82, 2.24) is 4.72 Å². The van der Waals surface area contributed by atoms with Crippen LogP contribution in [-0.2, 0) is 10.0 Å². The number of hydrogen-bond donors (Lipinski definition) is 1. The number of unbranched alkanes of at least 4 members (excludes halogenated alkanes) is 3. The molecule has 2 aromatic rings. The average molecular weight is 393 g/mol. The van der Waals surface area contributed by atoms with Crippen molar-refractivity contribution in [2.24, 2.45) is 4.99 Å². The van der Waals surface area contributed by atoms with Crippen molar-refractivity contribution >= 4 is 27.5 Å². The van der Waals surface area contributed by atoms with E-state index in [4.69, 9.17) is 11.6 Å². The average Bonchev–Trinajstić information content (AvgIpc) is 2.61. The Hall–Kier alpha value is -1.85. The minimum atomic E-state index is -3.70. The monoisotopic (exact) mass is 392 g/mol. The molecule has 0 radical (unpaired) electrons. The molecule has 0 aliphatic rings. The molecule has 0 aliphatic carbocycles. The minimum absolute atomic E-state index is 0.218. The van der Waals surface area contributed by atoms with Crippen LogP contribution in [0.5, 0.6) is 0 Å². The van der Waals surface area contributed by atoms with Crippen molar-refractivity contribution in [3.05, 3.63) is 64.7 Å². The van der Waals surface area contributed by atoms with E-state index in [0.717, 1.165) is 31.2 Å². The van der Waals surface area contributed by atoms with Crippen LogP contribution in [0.2, 0.25) is 5.02 Å². The molecule has 2 aromatic carbocycles. The number of halogens is 1. The fourth-order valence-corrected chi connectivity index (χ4v) is 3.60. The van der Waals surface area contributed by atoms with Gasteiger partial charge in [-0.15, -0.1) is 0 Å². The summed E-state index contributed by atoms with van der Waals surface area (Å²) in [7, 11) is -3.70. The standard InChI is InChI=1S/C20H25ClN2O2S/c1-3-4-5-6-15-22-20(17-9-11-18(21)12-10-17)23-26(24,25)19-13-7-16(2)8-14-19/h7-14H,3-6,15H2,1-2H3,(H,22,23). The molecule has 0 aromatic heterocycles. The van der Waals surface area contributed by atoms with E-state index in [1.807, 2.05) is 6.92 Å². The van der Waals surface area contributed by atoms with Crippen LogP contribution in [-0.4, -0.2) is 20.8 Å². The lowest BCUT2D eigenvalue weighted by molar-refractivity contribution is 0.592. The van der Waals surface area contributed by atoms with Crippen LogP contribution in [0.3, 0.4) is 0 Å². The van der Waals surface area contributed by atoms with Gasteiger partial charge >= 0.3 is 0 Å². The highest BCUT2D eigenvalue weighted by atomic mass is 35.5. The maximum absolute atomic E-state index is 12.7. The summed E-state index contributed by atoms with van der Waals surface area (Å²) in [5.41, 5.74) is 1.70. The highest BCUT2D eigenvalue weighted by Gasteiger charge is 2.17. The molecule has 2 rings (SSSR count). The predicted octanol–water partition coefficient (Wildman–Crippen LogP) is 4.95. The number of aliphatic imine (C=N–C) groups is 1. The Morgan fingerprint density at radius 1 is 1.00 bits per heavy atom. The van der Waals surface area contributed by atoms with Crippen molar-refractivity contribution in [3.8, 4) is 0 Å². The second kappa shape index (κ2) is 9.74. The molecule has 4 nitrogen and oxygen atoms in total. The molecule has 0 unspecified atom stereocenters. The highest BCUT2D eigenvalue weighted by molar-refractivity contribution is 7.90. The third kappa shape index (κ3) is 6.15. The third-order valence-electron chi connectivity index (χ3n) is 3.96. The van der Waals surface area contributed by atoms with Gasteiger partial charge in [-0.2, -0.15) is 0 Å². The van der Waals surface area contributed by atoms with E-state index in [9.17, 15) is 8.42 Å². The topological polar surface area (TPSA) is 58.5 Å². The van der Waals surface area contributed by atoms with E-state index < -0.39 is 10.0 Å². The first-order valence-corrected chi connectivity index (χ1v) is 10.7. The van der Waals surface area contributed by atoms with Gasteiger partial charge in [-0.1, -0.05) is 55.5 Å². The first kappa shape index (κ1) is 20.5. The molecule has 0 fully saturated rings. The first-order valence-electron chi connectivity index (χ1n) is 8.82. The molecule has 26 heavy (non-hydrogen) atoms. The zero-order valence-electron chi connectivity index (χ0n) is 15.2. The summed E-state index contributed by atoms with van der Waals surface area (Å²) in [5.74, 6) is 0.346. The third-order valence-corrected chi connectivity index (χ3v) is 5.57. The second-order valence-electron chi connectivity index (χ2n) is 6.22. The van der Waals surface area contributed by atoms with Crippen LogP contribution < -0.4 is 4.72 Å². The number of hydrogen-bond acceptors (Lipinski definition) is 3. The molecule has 0 bridgehead atoms. The normalized spacial score (nSPS) is 12.2. The van der Waals surface area contributed by atoms with Crippen LogP contribution in [0, 0.1) is 6.92 Å². The van der Waals surface area contributed by atoms with Gasteiger partial charge in [0, 0.05) is 17.1 Å². The largest absolute Gasteiger partial charge is 0.267 e. The predicted molar refractivity (Wildman–Crippen MR) is 108 cm³/mol. The number of nitrogens with zero attached hydrogens (tertiary/aromatic N) is 1. The number of amidine groups is 1. The highest BCUT2D eigenvalue weighted by Crippen LogP contribution is 2.14. The maximum Gasteiger partial charge on any atom is 0.263 e. The molecule has 0 atom stereocenters. The summed E-state index contributed by atoms with van der Waals surface area (Å²) in [4.78, 5) is 4.73. The van der Waals surface area contributed by atoms with E-state index in [1.54, 1.807) is 48.5 Å². The first-order chi connectivity index (χ1) is 12.4. The molecular weight excluding hydrogens is 368 g/mol. The van der Waals surface area contributed by atoms with Gasteiger partial charge in [0.25, 0.3) is 10.0 Å². The number of sulfonamides is 1. The zero-order valence-corrected chi connectivity index (χ0v) is 16.8. The summed E-state index contributed by atoms with van der Waals surface area (Å²) in [5, 5.41) is 0.595. The number of aryl methyl sites for hydroxylation is 1. The Kier molecular flexibility index (Phi) is 7.66. The van der Waals surface area contributed by atoms with E-state index in [1.165, 1.54) is 0 Å². The van der Waals surface area contributed by atoms with Crippen LogP contribution in [0.25, 0.3) is 0 Å². The Balaban J connectivity index is 2.23. The second-order valence-corrected chi connectivity index (χ2v) is 8.34. The Bertz CT molecular complexity index is 829. The van der Waals surface area contributed by atoms with E-state index in [2.05, 4.69) is 16.6 Å². The summed E-state index contributed by atoms with van der Waals surface area (Å²) >= 11 is 5.94. The van der Waals surface area contributed by atoms with Crippen LogP contribution in [0.1, 0.15) is 43.7 Å². The van der Waals surface area contributed by atoms with Crippen LogP contribution in [0.15, 0.2) is 58.4 Å². The minimum Gasteiger partial charge on any atom is -0.267 e. The Morgan fingerprint density at radius 3 is 2.27 bits per heavy atom. The van der Waals surface area contributed by atoms with E-state index >= 15 is 0 Å². The van der Waals surface area contributed by atoms with Crippen molar-refractivity contribution in [1.29, 1.82) is 0 Å². The number of nitrogens with one attached hydrogen (secondary N) is 1. The molecule has 140 valence electrons. The lowest BCUT2D eigenvalue weighted by Crippen LogP contribution is -2.31. The fourth-order valence-electron chi connectivity index (χ4n) is 2.42. The lowest BCUT2D eigenvalue weighted by atomic mass is 10.2. The molecule has 1 N–H and O–H groups in total. The summed E-state index contributed by atoms with van der Waals surface area (Å²) in [6, 6.07) is 13.7. The molecular formula is C20H25ClN2O2S. The van der Waals surface area contributed by atoms with Crippen molar-refractivity contribution in [2.75, 3.05) is 6.54 Å². The van der Waals surface area contributed by atoms with Gasteiger partial charge in [0.05, 0.1) is 4.90 Å². The quantitative estimate of drug-likeness (QED) is 0.392. The van der Waals surface area contributed by atoms with Gasteiger partial charge in [0.2, 0.25) is 0 Å². The Morgan fingerprint density at radius 2 is 1.65 bits per heavy atom. The maximum atomic E-state index is 12.7. The lowest BCUT2D eigenvalue weighted by Gasteiger charge is -2.12. The van der Waals surface area contributed by atoms with E-state index in [0.29, 0.717) is 23.0 Å². The molecule has 0 saturated heterocycles. The summed E-state index contributed by atoms with van der Waals surface area (Å²) in [6.07, 6.45) is 4.31. The molecule has 0 saturated carbocycles. The van der Waals surface area contributed by atoms with Gasteiger partial charge in [-0.3, -0.25) is 9.71 Å². The molecule has 0 spiro atoms. The van der Waals surface area contributed by atoms with Gasteiger partial charge in [0.15, 0.2) is 0 Å². The van der Waals surface area contributed by atoms with Crippen LogP contribution in [0.4, 0.5) is 0 Å². The smallest absolute Gasteiger partial charge is 0.263 e. The molecule has 6 heteroatoms. The molecule has 0 amide bonds. The van der Waals surface area contributed by atoms with E-state index in [-0.39, 0.29) is 4.90 Å². The zero-order chi connectivity index (χ0) is 19.0. The fraction of sp³-hybridized carbons (Fsp3) is 0.350. The van der Waals surface area contributed by atoms with Crippen molar-refractivity contribution in [3.63, 3.8) is 0 Å². The van der Waals surface area contributed by atoms with Gasteiger partial charge < -0.3 is 0 Å². The SMILES string of the molecule is CCCCCCN=C(NS(=O)(=O)c1ccc(C)cc1)c1ccc(Cl)cc1. The van der Waals surface area contributed by atoms with Crippen molar-refractivity contribution in [2.45, 2.75) is 44.4 Å². The van der Waals surface area contributed by atoms with Crippen molar-refractivity contribution < 1.29 is 8.42 Å². The summed E-state index contributed by atoms with van der Waals surface area (Å²) in [6.45, 7) is 4.65. The number of benzene rings is 2. The summed E-state index contributed by atoms with van der Waals surface area (Å²) < 4.78 is 28.1. The van der Waals surface area contributed by atoms with Gasteiger partial charge in [-0.05, 0) is 49.7 Å².